The summed E-state index contributed by atoms with van der Waals surface area (Å²) < 4.78 is 28.2. The lowest BCUT2D eigenvalue weighted by molar-refractivity contribution is -0.149. The van der Waals surface area contributed by atoms with Gasteiger partial charge in [0.1, 0.15) is 12.1 Å². The molecule has 1 aliphatic carbocycles. The molecule has 1 fully saturated rings. The topological polar surface area (TPSA) is 75.6 Å². The van der Waals surface area contributed by atoms with E-state index in [0.29, 0.717) is 12.8 Å². The van der Waals surface area contributed by atoms with Crippen molar-refractivity contribution >= 4 is 11.9 Å². The van der Waals surface area contributed by atoms with Crippen LogP contribution >= 0.6 is 0 Å². The van der Waals surface area contributed by atoms with Gasteiger partial charge >= 0.3 is 5.97 Å². The van der Waals surface area contributed by atoms with Gasteiger partial charge in [-0.2, -0.15) is 0 Å². The molecule has 7 heteroatoms. The summed E-state index contributed by atoms with van der Waals surface area (Å²) in [5.41, 5.74) is -1.20. The molecule has 1 aliphatic rings. The maximum Gasteiger partial charge on any atom is 0.329 e. The molecule has 1 saturated carbocycles. The van der Waals surface area contributed by atoms with Gasteiger partial charge in [0.2, 0.25) is 5.91 Å². The fourth-order valence-corrected chi connectivity index (χ4v) is 2.21. The molecule has 1 amide bonds. The Balaban J connectivity index is 2.37. The second-order valence-electron chi connectivity index (χ2n) is 4.71. The number of carbonyl (C=O) groups excluding carboxylic acids is 1. The highest BCUT2D eigenvalue weighted by Gasteiger charge is 2.40. The minimum absolute atomic E-state index is 0.109. The first-order valence-electron chi connectivity index (χ1n) is 6.36. The number of carboxylic acid groups (broad SMARTS) is 1. The molecule has 0 aromatic carbocycles. The molecule has 5 nitrogen and oxygen atoms in total. The maximum absolute atomic E-state index is 11.8. The van der Waals surface area contributed by atoms with Crippen LogP contribution in [0.15, 0.2) is 0 Å². The fourth-order valence-electron chi connectivity index (χ4n) is 2.21. The summed E-state index contributed by atoms with van der Waals surface area (Å²) in [5.74, 6) is -1.51. The molecular formula is C12H19F2NO4. The molecular weight excluding hydrogens is 260 g/mol. The number of nitrogens with one attached hydrogen (secondary N) is 1. The zero-order chi connectivity index (χ0) is 14.3. The highest BCUT2D eigenvalue weighted by atomic mass is 19.3. The van der Waals surface area contributed by atoms with Crippen LogP contribution in [-0.2, 0) is 14.3 Å². The predicted molar refractivity (Wildman–Crippen MR) is 63.0 cm³/mol. The molecule has 0 heterocycles. The average molecular weight is 279 g/mol. The lowest BCUT2D eigenvalue weighted by Gasteiger charge is -2.34. The molecule has 0 saturated heterocycles. The SMILES string of the molecule is O=C(CCOCC(F)F)NC1(C(=O)O)CCCCC1. The largest absolute Gasteiger partial charge is 0.480 e. The van der Waals surface area contributed by atoms with Gasteiger partial charge in [-0.25, -0.2) is 13.6 Å². The zero-order valence-electron chi connectivity index (χ0n) is 10.7. The summed E-state index contributed by atoms with van der Waals surface area (Å²) in [5, 5.41) is 11.8. The first-order valence-corrected chi connectivity index (χ1v) is 6.36. The molecule has 19 heavy (non-hydrogen) atoms. The molecule has 0 aliphatic heterocycles. The zero-order valence-corrected chi connectivity index (χ0v) is 10.7. The summed E-state index contributed by atoms with van der Waals surface area (Å²) in [6.45, 7) is -0.844. The van der Waals surface area contributed by atoms with E-state index >= 15 is 0 Å². The van der Waals surface area contributed by atoms with Gasteiger partial charge in [-0.15, -0.1) is 0 Å². The summed E-state index contributed by atoms with van der Waals surface area (Å²) in [7, 11) is 0. The first-order chi connectivity index (χ1) is 8.96. The van der Waals surface area contributed by atoms with E-state index in [1.165, 1.54) is 0 Å². The van der Waals surface area contributed by atoms with E-state index in [1.807, 2.05) is 0 Å². The molecule has 0 radical (unpaired) electrons. The molecule has 110 valence electrons. The summed E-state index contributed by atoms with van der Waals surface area (Å²) in [6.07, 6.45) is 0.622. The number of carboxylic acids is 1. The average Bonchev–Trinajstić information content (AvgIpc) is 2.35. The van der Waals surface area contributed by atoms with Gasteiger partial charge in [0, 0.05) is 6.42 Å². The number of aliphatic carboxylic acids is 1. The van der Waals surface area contributed by atoms with E-state index in [2.05, 4.69) is 10.1 Å². The van der Waals surface area contributed by atoms with Crippen LogP contribution in [0.5, 0.6) is 0 Å². The normalized spacial score (nSPS) is 18.3. The molecule has 1 rings (SSSR count). The monoisotopic (exact) mass is 279 g/mol. The minimum atomic E-state index is -2.56. The Labute approximate surface area is 110 Å². The van der Waals surface area contributed by atoms with Crippen molar-refractivity contribution in [3.8, 4) is 0 Å². The molecule has 0 atom stereocenters. The third-order valence-electron chi connectivity index (χ3n) is 3.21. The Kier molecular flexibility index (Phi) is 6.14. The second kappa shape index (κ2) is 7.37. The van der Waals surface area contributed by atoms with Gasteiger partial charge in [0.15, 0.2) is 0 Å². The minimum Gasteiger partial charge on any atom is -0.480 e. The quantitative estimate of drug-likeness (QED) is 0.693. The maximum atomic E-state index is 11.8. The number of ether oxygens (including phenoxy) is 1. The standard InChI is InChI=1S/C12H19F2NO4/c13-9(14)8-19-7-4-10(16)15-12(11(17)18)5-2-1-3-6-12/h9H,1-8H2,(H,15,16)(H,17,18). The van der Waals surface area contributed by atoms with E-state index < -0.39 is 30.4 Å². The van der Waals surface area contributed by atoms with Crippen LogP contribution < -0.4 is 5.32 Å². The second-order valence-corrected chi connectivity index (χ2v) is 4.71. The number of rotatable bonds is 7. The Morgan fingerprint density at radius 1 is 1.26 bits per heavy atom. The van der Waals surface area contributed by atoms with Crippen LogP contribution in [-0.4, -0.2) is 42.2 Å². The van der Waals surface area contributed by atoms with Crippen molar-refractivity contribution in [1.29, 1.82) is 0 Å². The van der Waals surface area contributed by atoms with Crippen LogP contribution in [0.25, 0.3) is 0 Å². The van der Waals surface area contributed by atoms with E-state index in [-0.39, 0.29) is 13.0 Å². The van der Waals surface area contributed by atoms with Gasteiger partial charge in [-0.1, -0.05) is 19.3 Å². The van der Waals surface area contributed by atoms with Gasteiger partial charge in [0.05, 0.1) is 6.61 Å². The van der Waals surface area contributed by atoms with E-state index in [9.17, 15) is 23.5 Å². The number of amides is 1. The van der Waals surface area contributed by atoms with Crippen LogP contribution in [0.4, 0.5) is 8.78 Å². The number of hydrogen-bond donors (Lipinski definition) is 2. The van der Waals surface area contributed by atoms with Crippen molar-refractivity contribution in [2.45, 2.75) is 50.5 Å². The summed E-state index contributed by atoms with van der Waals surface area (Å²) in [6, 6.07) is 0. The van der Waals surface area contributed by atoms with E-state index in [0.717, 1.165) is 19.3 Å². The van der Waals surface area contributed by atoms with Gasteiger partial charge in [0.25, 0.3) is 6.43 Å². The van der Waals surface area contributed by atoms with Crippen molar-refractivity contribution < 1.29 is 28.2 Å². The molecule has 0 unspecified atom stereocenters. The highest BCUT2D eigenvalue weighted by Crippen LogP contribution is 2.28. The Hall–Kier alpha value is -1.24. The highest BCUT2D eigenvalue weighted by molar-refractivity contribution is 5.87. The summed E-state index contributed by atoms with van der Waals surface area (Å²) >= 11 is 0. The Morgan fingerprint density at radius 3 is 2.42 bits per heavy atom. The van der Waals surface area contributed by atoms with Crippen LogP contribution in [0.3, 0.4) is 0 Å². The predicted octanol–water partition coefficient (Wildman–Crippen LogP) is 1.56. The molecule has 0 aromatic rings. The Bertz CT molecular complexity index is 317. The molecule has 0 aromatic heterocycles. The number of carbonyl (C=O) groups is 2. The smallest absolute Gasteiger partial charge is 0.329 e. The van der Waals surface area contributed by atoms with Crippen molar-refractivity contribution in [3.05, 3.63) is 0 Å². The van der Waals surface area contributed by atoms with Crippen molar-refractivity contribution in [1.82, 2.24) is 5.32 Å². The number of alkyl halides is 2. The first kappa shape index (κ1) is 15.8. The van der Waals surface area contributed by atoms with E-state index in [1.54, 1.807) is 0 Å². The Morgan fingerprint density at radius 2 is 1.89 bits per heavy atom. The van der Waals surface area contributed by atoms with E-state index in [4.69, 9.17) is 0 Å². The van der Waals surface area contributed by atoms with Crippen molar-refractivity contribution in [3.63, 3.8) is 0 Å². The third kappa shape index (κ3) is 5.10. The van der Waals surface area contributed by atoms with Crippen molar-refractivity contribution in [2.24, 2.45) is 0 Å². The number of hydrogen-bond acceptors (Lipinski definition) is 3. The van der Waals surface area contributed by atoms with Crippen LogP contribution in [0.2, 0.25) is 0 Å². The fraction of sp³-hybridized carbons (Fsp3) is 0.833. The van der Waals surface area contributed by atoms with Crippen LogP contribution in [0, 0.1) is 0 Å². The van der Waals surface area contributed by atoms with Gasteiger partial charge in [-0.3, -0.25) is 4.79 Å². The third-order valence-corrected chi connectivity index (χ3v) is 3.21. The van der Waals surface area contributed by atoms with Crippen molar-refractivity contribution in [2.75, 3.05) is 13.2 Å². The lowest BCUT2D eigenvalue weighted by Crippen LogP contribution is -2.55. The van der Waals surface area contributed by atoms with Gasteiger partial charge in [-0.05, 0) is 12.8 Å². The molecule has 0 spiro atoms. The summed E-state index contributed by atoms with van der Waals surface area (Å²) in [4.78, 5) is 22.9. The lowest BCUT2D eigenvalue weighted by atomic mass is 9.81. The molecule has 0 bridgehead atoms. The van der Waals surface area contributed by atoms with Gasteiger partial charge < -0.3 is 15.2 Å². The van der Waals surface area contributed by atoms with Crippen LogP contribution in [0.1, 0.15) is 38.5 Å². The number of halogens is 2. The molecule has 2 N–H and O–H groups in total.